The summed E-state index contributed by atoms with van der Waals surface area (Å²) in [6.45, 7) is 0.627. The van der Waals surface area contributed by atoms with Crippen molar-refractivity contribution in [3.05, 3.63) is 18.0 Å². The molecule has 0 radical (unpaired) electrons. The van der Waals surface area contributed by atoms with E-state index in [0.29, 0.717) is 12.1 Å². The van der Waals surface area contributed by atoms with Crippen molar-refractivity contribution in [1.29, 1.82) is 0 Å². The van der Waals surface area contributed by atoms with Crippen molar-refractivity contribution in [2.75, 3.05) is 0 Å². The normalized spacial score (nSPS) is 43.2. The summed E-state index contributed by atoms with van der Waals surface area (Å²) in [5, 5.41) is 4.61. The van der Waals surface area contributed by atoms with E-state index >= 15 is 0 Å². The van der Waals surface area contributed by atoms with Crippen LogP contribution in [0, 0.1) is 17.8 Å². The van der Waals surface area contributed by atoms with E-state index in [9.17, 15) is 0 Å². The topological polar surface area (TPSA) is 43.8 Å². The quantitative estimate of drug-likeness (QED) is 0.848. The third-order valence-corrected chi connectivity index (χ3v) is 5.39. The Bertz CT molecular complexity index is 399. The fourth-order valence-corrected chi connectivity index (χ4v) is 5.24. The van der Waals surface area contributed by atoms with Gasteiger partial charge in [-0.25, -0.2) is 0 Å². The van der Waals surface area contributed by atoms with Gasteiger partial charge in [0.25, 0.3) is 0 Å². The molecule has 1 aromatic rings. The Hall–Kier alpha value is -0.830. The second kappa shape index (κ2) is 3.35. The van der Waals surface area contributed by atoms with E-state index in [1.165, 1.54) is 44.2 Å². The third kappa shape index (κ3) is 1.35. The molecule has 0 unspecified atom stereocenters. The van der Waals surface area contributed by atoms with Gasteiger partial charge >= 0.3 is 0 Å². The number of hydrogen-bond acceptors (Lipinski definition) is 2. The summed E-state index contributed by atoms with van der Waals surface area (Å²) in [5.74, 6) is 2.91. The summed E-state index contributed by atoms with van der Waals surface area (Å²) in [6.07, 6.45) is 10.4. The summed E-state index contributed by atoms with van der Waals surface area (Å²) >= 11 is 0. The Balaban J connectivity index is 1.77. The molecule has 0 atom stereocenters. The van der Waals surface area contributed by atoms with E-state index < -0.39 is 0 Å². The highest BCUT2D eigenvalue weighted by Gasteiger charge is 2.52. The molecule has 1 aromatic heterocycles. The van der Waals surface area contributed by atoms with Crippen molar-refractivity contribution in [1.82, 2.24) is 9.78 Å². The Morgan fingerprint density at radius 3 is 2.29 bits per heavy atom. The van der Waals surface area contributed by atoms with Gasteiger partial charge < -0.3 is 5.73 Å². The first-order valence-electron chi connectivity index (χ1n) is 7.02. The van der Waals surface area contributed by atoms with E-state index in [2.05, 4.69) is 15.8 Å². The molecule has 4 aliphatic rings. The lowest BCUT2D eigenvalue weighted by Gasteiger charge is -2.57. The molecule has 0 aromatic carbocycles. The number of aromatic nitrogens is 2. The van der Waals surface area contributed by atoms with Gasteiger partial charge in [0.15, 0.2) is 0 Å². The largest absolute Gasteiger partial charge is 0.325 e. The van der Waals surface area contributed by atoms with Crippen molar-refractivity contribution in [2.45, 2.75) is 50.6 Å². The summed E-state index contributed by atoms with van der Waals surface area (Å²) in [6, 6.07) is 2.10. The monoisotopic (exact) mass is 231 g/mol. The molecule has 4 fully saturated rings. The molecule has 4 bridgehead atoms. The molecule has 2 N–H and O–H groups in total. The van der Waals surface area contributed by atoms with Crippen LogP contribution in [0.5, 0.6) is 0 Å². The Morgan fingerprint density at radius 1 is 1.18 bits per heavy atom. The molecule has 4 aliphatic carbocycles. The summed E-state index contributed by atoms with van der Waals surface area (Å²) in [7, 11) is 0. The Morgan fingerprint density at radius 2 is 1.76 bits per heavy atom. The van der Waals surface area contributed by atoms with E-state index in [1.54, 1.807) is 0 Å². The van der Waals surface area contributed by atoms with E-state index in [4.69, 9.17) is 5.73 Å². The fourth-order valence-electron chi connectivity index (χ4n) is 5.24. The first kappa shape index (κ1) is 10.1. The first-order valence-corrected chi connectivity index (χ1v) is 7.02. The van der Waals surface area contributed by atoms with Crippen molar-refractivity contribution in [3.63, 3.8) is 0 Å². The highest BCUT2D eigenvalue weighted by atomic mass is 15.3. The zero-order chi connectivity index (χ0) is 11.5. The van der Waals surface area contributed by atoms with Crippen LogP contribution in [0.25, 0.3) is 0 Å². The molecule has 0 amide bonds. The van der Waals surface area contributed by atoms with Crippen LogP contribution in [0.3, 0.4) is 0 Å². The summed E-state index contributed by atoms with van der Waals surface area (Å²) in [4.78, 5) is 0. The molecule has 3 nitrogen and oxygen atoms in total. The summed E-state index contributed by atoms with van der Waals surface area (Å²) in [5.41, 5.74) is 7.42. The lowest BCUT2D eigenvalue weighted by atomic mass is 9.53. The first-order chi connectivity index (χ1) is 8.29. The molecule has 0 saturated heterocycles. The zero-order valence-electron chi connectivity index (χ0n) is 10.3. The molecule has 0 aliphatic heterocycles. The highest BCUT2D eigenvalue weighted by Crippen LogP contribution is 2.58. The molecular formula is C14H21N3. The minimum absolute atomic E-state index is 0.340. The lowest BCUT2D eigenvalue weighted by Crippen LogP contribution is -2.52. The summed E-state index contributed by atoms with van der Waals surface area (Å²) < 4.78 is 2.30. The van der Waals surface area contributed by atoms with Gasteiger partial charge in [-0.15, -0.1) is 0 Å². The zero-order valence-corrected chi connectivity index (χ0v) is 10.3. The van der Waals surface area contributed by atoms with Gasteiger partial charge in [-0.1, -0.05) is 0 Å². The van der Waals surface area contributed by atoms with Gasteiger partial charge in [-0.3, -0.25) is 4.68 Å². The number of hydrogen-bond donors (Lipinski definition) is 1. The van der Waals surface area contributed by atoms with Crippen LogP contribution in [0.2, 0.25) is 0 Å². The van der Waals surface area contributed by atoms with Crippen molar-refractivity contribution < 1.29 is 0 Å². The van der Waals surface area contributed by atoms with Crippen LogP contribution in [-0.2, 0) is 12.1 Å². The fraction of sp³-hybridized carbons (Fsp3) is 0.786. The van der Waals surface area contributed by atoms with Crippen molar-refractivity contribution in [3.8, 4) is 0 Å². The molecular weight excluding hydrogens is 210 g/mol. The van der Waals surface area contributed by atoms with Crippen molar-refractivity contribution in [2.24, 2.45) is 23.5 Å². The molecule has 0 spiro atoms. The minimum atomic E-state index is 0.340. The van der Waals surface area contributed by atoms with E-state index in [-0.39, 0.29) is 0 Å². The molecule has 5 rings (SSSR count). The van der Waals surface area contributed by atoms with Gasteiger partial charge in [-0.2, -0.15) is 5.10 Å². The average Bonchev–Trinajstić information content (AvgIpc) is 2.75. The molecule has 92 valence electrons. The maximum absolute atomic E-state index is 5.85. The van der Waals surface area contributed by atoms with Gasteiger partial charge in [0.2, 0.25) is 0 Å². The lowest BCUT2D eigenvalue weighted by molar-refractivity contribution is -0.0507. The number of nitrogens with zero attached hydrogens (tertiary/aromatic N) is 2. The maximum atomic E-state index is 5.85. The number of nitrogens with two attached hydrogens (primary N) is 1. The second-order valence-electron chi connectivity index (χ2n) is 6.58. The van der Waals surface area contributed by atoms with Crippen LogP contribution < -0.4 is 5.73 Å². The van der Waals surface area contributed by atoms with Gasteiger partial charge in [0.1, 0.15) is 0 Å². The molecule has 1 heterocycles. The average molecular weight is 231 g/mol. The van der Waals surface area contributed by atoms with Gasteiger partial charge in [-0.05, 0) is 62.3 Å². The van der Waals surface area contributed by atoms with Crippen LogP contribution >= 0.6 is 0 Å². The van der Waals surface area contributed by atoms with E-state index in [1.807, 2.05) is 6.20 Å². The third-order valence-electron chi connectivity index (χ3n) is 5.39. The van der Waals surface area contributed by atoms with Crippen molar-refractivity contribution >= 4 is 0 Å². The molecule has 17 heavy (non-hydrogen) atoms. The van der Waals surface area contributed by atoms with Crippen LogP contribution in [0.15, 0.2) is 12.3 Å². The Kier molecular flexibility index (Phi) is 1.99. The maximum Gasteiger partial charge on any atom is 0.0639 e. The Labute approximate surface area is 102 Å². The van der Waals surface area contributed by atoms with E-state index in [0.717, 1.165) is 17.8 Å². The SMILES string of the molecule is NCc1ccnn1C12CC3CC(CC(C3)C1)C2. The minimum Gasteiger partial charge on any atom is -0.325 e. The molecule has 3 heteroatoms. The number of rotatable bonds is 2. The van der Waals surface area contributed by atoms with Gasteiger partial charge in [0, 0.05) is 12.7 Å². The standard InChI is InChI=1S/C14H21N3/c15-9-13-1-2-16-17(13)14-6-10-3-11(7-14)5-12(4-10)8-14/h1-2,10-12H,3-9,15H2. The molecule has 4 saturated carbocycles. The second-order valence-corrected chi connectivity index (χ2v) is 6.58. The van der Waals surface area contributed by atoms with Crippen LogP contribution in [0.4, 0.5) is 0 Å². The van der Waals surface area contributed by atoms with Gasteiger partial charge in [0.05, 0.1) is 11.2 Å². The smallest absolute Gasteiger partial charge is 0.0639 e. The predicted molar refractivity (Wildman–Crippen MR) is 66.3 cm³/mol. The van der Waals surface area contributed by atoms with Crippen LogP contribution in [0.1, 0.15) is 44.2 Å². The predicted octanol–water partition coefficient (Wildman–Crippen LogP) is 2.27. The van der Waals surface area contributed by atoms with Crippen LogP contribution in [-0.4, -0.2) is 9.78 Å². The highest BCUT2D eigenvalue weighted by molar-refractivity contribution is 5.10.